The summed E-state index contributed by atoms with van der Waals surface area (Å²) in [5.74, 6) is -4.71. The number of furan rings is 1. The standard InChI is InChI=1S/C12H8F2O5S/c13-7-1-3-9(14)11(5-7)20(17,18)6-8-2-4-10(19-8)12(15)16/h1-5H,6H2,(H,15,16). The molecule has 8 heteroatoms. The summed E-state index contributed by atoms with van der Waals surface area (Å²) >= 11 is 0. The second kappa shape index (κ2) is 5.04. The summed E-state index contributed by atoms with van der Waals surface area (Å²) in [6.07, 6.45) is 0. The van der Waals surface area contributed by atoms with Crippen molar-refractivity contribution in [1.29, 1.82) is 0 Å². The third kappa shape index (κ3) is 2.85. The molecule has 0 aliphatic heterocycles. The first kappa shape index (κ1) is 14.2. The minimum Gasteiger partial charge on any atom is -0.475 e. The smallest absolute Gasteiger partial charge is 0.371 e. The monoisotopic (exact) mass is 302 g/mol. The van der Waals surface area contributed by atoms with Gasteiger partial charge in [-0.1, -0.05) is 0 Å². The van der Waals surface area contributed by atoms with Crippen LogP contribution in [0.15, 0.2) is 39.6 Å². The Labute approximate surface area is 112 Å². The van der Waals surface area contributed by atoms with Gasteiger partial charge in [-0.2, -0.15) is 0 Å². The first-order chi connectivity index (χ1) is 9.29. The average Bonchev–Trinajstić information content (AvgIpc) is 2.80. The molecule has 0 radical (unpaired) electrons. The Morgan fingerprint density at radius 2 is 1.90 bits per heavy atom. The first-order valence-corrected chi connectivity index (χ1v) is 6.94. The maximum atomic E-state index is 13.4. The van der Waals surface area contributed by atoms with Crippen LogP contribution in [0.2, 0.25) is 0 Å². The lowest BCUT2D eigenvalue weighted by Crippen LogP contribution is -2.07. The van der Waals surface area contributed by atoms with Gasteiger partial charge in [0.05, 0.1) is 0 Å². The molecule has 2 rings (SSSR count). The van der Waals surface area contributed by atoms with E-state index in [1.54, 1.807) is 0 Å². The molecule has 0 aliphatic rings. The van der Waals surface area contributed by atoms with Gasteiger partial charge in [-0.15, -0.1) is 0 Å². The highest BCUT2D eigenvalue weighted by molar-refractivity contribution is 7.90. The molecule has 0 saturated heterocycles. The molecule has 0 fully saturated rings. The largest absolute Gasteiger partial charge is 0.475 e. The van der Waals surface area contributed by atoms with Crippen LogP contribution >= 0.6 is 0 Å². The van der Waals surface area contributed by atoms with E-state index in [1.165, 1.54) is 0 Å². The summed E-state index contributed by atoms with van der Waals surface area (Å²) < 4.78 is 55.1. The fourth-order valence-electron chi connectivity index (χ4n) is 1.55. The van der Waals surface area contributed by atoms with Crippen molar-refractivity contribution in [2.75, 3.05) is 0 Å². The van der Waals surface area contributed by atoms with Crippen LogP contribution in [0.1, 0.15) is 16.3 Å². The van der Waals surface area contributed by atoms with Crippen molar-refractivity contribution in [2.45, 2.75) is 10.6 Å². The molecule has 0 atom stereocenters. The lowest BCUT2D eigenvalue weighted by atomic mass is 10.3. The number of aromatic carboxylic acids is 1. The zero-order valence-corrected chi connectivity index (χ0v) is 10.7. The van der Waals surface area contributed by atoms with Crippen molar-refractivity contribution >= 4 is 15.8 Å². The Morgan fingerprint density at radius 3 is 2.50 bits per heavy atom. The van der Waals surface area contributed by atoms with Gasteiger partial charge in [0.2, 0.25) is 5.76 Å². The van der Waals surface area contributed by atoms with E-state index in [2.05, 4.69) is 0 Å². The SMILES string of the molecule is O=C(O)c1ccc(CS(=O)(=O)c2cc(F)ccc2F)o1. The van der Waals surface area contributed by atoms with Gasteiger partial charge in [0.25, 0.3) is 0 Å². The Hall–Kier alpha value is -2.22. The number of halogens is 2. The number of rotatable bonds is 4. The lowest BCUT2D eigenvalue weighted by molar-refractivity contribution is 0.0660. The highest BCUT2D eigenvalue weighted by Crippen LogP contribution is 2.21. The highest BCUT2D eigenvalue weighted by atomic mass is 32.2. The van der Waals surface area contributed by atoms with Gasteiger partial charge in [0.15, 0.2) is 9.84 Å². The molecular formula is C12H8F2O5S. The van der Waals surface area contributed by atoms with Crippen LogP contribution in [-0.4, -0.2) is 19.5 Å². The maximum absolute atomic E-state index is 13.4. The fourth-order valence-corrected chi connectivity index (χ4v) is 2.89. The maximum Gasteiger partial charge on any atom is 0.371 e. The van der Waals surface area contributed by atoms with Crippen molar-refractivity contribution in [3.63, 3.8) is 0 Å². The molecule has 20 heavy (non-hydrogen) atoms. The summed E-state index contributed by atoms with van der Waals surface area (Å²) in [4.78, 5) is 9.80. The molecule has 0 saturated carbocycles. The van der Waals surface area contributed by atoms with Gasteiger partial charge in [-0.25, -0.2) is 22.0 Å². The molecular weight excluding hydrogens is 294 g/mol. The van der Waals surface area contributed by atoms with Crippen molar-refractivity contribution in [3.05, 3.63) is 53.5 Å². The molecule has 0 amide bonds. The Morgan fingerprint density at radius 1 is 1.20 bits per heavy atom. The van der Waals surface area contributed by atoms with E-state index in [4.69, 9.17) is 9.52 Å². The van der Waals surface area contributed by atoms with Gasteiger partial charge in [0, 0.05) is 0 Å². The third-order valence-electron chi connectivity index (χ3n) is 2.43. The van der Waals surface area contributed by atoms with Gasteiger partial charge in [-0.05, 0) is 30.3 Å². The zero-order chi connectivity index (χ0) is 14.9. The number of carboxylic acids is 1. The molecule has 1 aromatic heterocycles. The molecule has 5 nitrogen and oxygen atoms in total. The summed E-state index contributed by atoms with van der Waals surface area (Å²) in [5.41, 5.74) is 0. The van der Waals surface area contributed by atoms with E-state index < -0.39 is 43.8 Å². The number of sulfone groups is 1. The predicted molar refractivity (Wildman–Crippen MR) is 62.9 cm³/mol. The van der Waals surface area contributed by atoms with Gasteiger partial charge >= 0.3 is 5.97 Å². The zero-order valence-electron chi connectivity index (χ0n) is 9.84. The molecule has 0 aliphatic carbocycles. The number of carboxylic acid groups (broad SMARTS) is 1. The van der Waals surface area contributed by atoms with Crippen molar-refractivity contribution in [3.8, 4) is 0 Å². The van der Waals surface area contributed by atoms with E-state index in [1.807, 2.05) is 0 Å². The van der Waals surface area contributed by atoms with E-state index >= 15 is 0 Å². The Bertz CT molecular complexity index is 764. The first-order valence-electron chi connectivity index (χ1n) is 5.29. The van der Waals surface area contributed by atoms with Crippen molar-refractivity contribution in [1.82, 2.24) is 0 Å². The Balaban J connectivity index is 2.35. The van der Waals surface area contributed by atoms with Crippen LogP contribution in [0.3, 0.4) is 0 Å². The molecule has 0 unspecified atom stereocenters. The molecule has 1 aromatic carbocycles. The number of carbonyl (C=O) groups is 1. The van der Waals surface area contributed by atoms with Crippen molar-refractivity contribution in [2.24, 2.45) is 0 Å². The normalized spacial score (nSPS) is 11.5. The number of hydrogen-bond donors (Lipinski definition) is 1. The summed E-state index contributed by atoms with van der Waals surface area (Å²) in [5, 5.41) is 8.64. The minimum absolute atomic E-state index is 0.175. The Kier molecular flexibility index (Phi) is 3.58. The van der Waals surface area contributed by atoms with E-state index in [0.29, 0.717) is 12.1 Å². The van der Waals surface area contributed by atoms with E-state index in [0.717, 1.165) is 18.2 Å². The third-order valence-corrected chi connectivity index (χ3v) is 4.08. The fraction of sp³-hybridized carbons (Fsp3) is 0.0833. The number of hydrogen-bond acceptors (Lipinski definition) is 4. The van der Waals surface area contributed by atoms with E-state index in [9.17, 15) is 22.0 Å². The van der Waals surface area contributed by atoms with Crippen LogP contribution in [-0.2, 0) is 15.6 Å². The predicted octanol–water partition coefficient (Wildman–Crippen LogP) is 2.23. The van der Waals surface area contributed by atoms with E-state index in [-0.39, 0.29) is 5.76 Å². The molecule has 0 bridgehead atoms. The second-order valence-corrected chi connectivity index (χ2v) is 5.86. The highest BCUT2D eigenvalue weighted by Gasteiger charge is 2.23. The van der Waals surface area contributed by atoms with Crippen molar-refractivity contribution < 1.29 is 31.5 Å². The molecule has 0 spiro atoms. The van der Waals surface area contributed by atoms with Gasteiger partial charge < -0.3 is 9.52 Å². The van der Waals surface area contributed by atoms with Gasteiger partial charge in [-0.3, -0.25) is 0 Å². The van der Waals surface area contributed by atoms with Crippen LogP contribution in [0.4, 0.5) is 8.78 Å². The molecule has 1 heterocycles. The molecule has 106 valence electrons. The topological polar surface area (TPSA) is 84.6 Å². The summed E-state index contributed by atoms with van der Waals surface area (Å²) in [6, 6.07) is 4.29. The van der Waals surface area contributed by atoms with Crippen LogP contribution < -0.4 is 0 Å². The molecule has 1 N–H and O–H groups in total. The second-order valence-electron chi connectivity index (χ2n) is 3.90. The number of benzene rings is 1. The lowest BCUT2D eigenvalue weighted by Gasteiger charge is -2.04. The van der Waals surface area contributed by atoms with Crippen LogP contribution in [0.5, 0.6) is 0 Å². The quantitative estimate of drug-likeness (QED) is 0.936. The minimum atomic E-state index is -4.18. The average molecular weight is 302 g/mol. The van der Waals surface area contributed by atoms with Crippen LogP contribution in [0.25, 0.3) is 0 Å². The van der Waals surface area contributed by atoms with Gasteiger partial charge in [0.1, 0.15) is 28.0 Å². The summed E-state index contributed by atoms with van der Waals surface area (Å²) in [7, 11) is -4.18. The molecule has 2 aromatic rings. The van der Waals surface area contributed by atoms with Crippen LogP contribution in [0, 0.1) is 11.6 Å². The summed E-state index contributed by atoms with van der Waals surface area (Å²) in [6.45, 7) is 0.